The van der Waals surface area contributed by atoms with Crippen LogP contribution in [0.5, 0.6) is 0 Å². The van der Waals surface area contributed by atoms with Crippen LogP contribution in [0.25, 0.3) is 0 Å². The average Bonchev–Trinajstić information content (AvgIpc) is 2.01. The minimum Gasteiger partial charge on any atom is -0.450 e. The Labute approximate surface area is 85.8 Å². The summed E-state index contributed by atoms with van der Waals surface area (Å²) in [6.45, 7) is 8.24. The zero-order chi connectivity index (χ0) is 10.7. The van der Waals surface area contributed by atoms with Crippen molar-refractivity contribution in [3.8, 4) is 0 Å². The van der Waals surface area contributed by atoms with Crippen molar-refractivity contribution in [1.29, 1.82) is 0 Å². The number of amides is 1. The molecule has 0 bridgehead atoms. The summed E-state index contributed by atoms with van der Waals surface area (Å²) < 4.78 is 5.03. The zero-order valence-corrected chi connectivity index (χ0v) is 9.49. The summed E-state index contributed by atoms with van der Waals surface area (Å²) >= 11 is 0. The monoisotopic (exact) mass is 200 g/mol. The highest BCUT2D eigenvalue weighted by molar-refractivity contribution is 5.68. The summed E-state index contributed by atoms with van der Waals surface area (Å²) in [7, 11) is 2.08. The molecule has 14 heavy (non-hydrogen) atoms. The van der Waals surface area contributed by atoms with Gasteiger partial charge in [0.25, 0.3) is 0 Å². The van der Waals surface area contributed by atoms with Crippen LogP contribution >= 0.6 is 0 Å². The molecule has 1 rings (SSSR count). The maximum absolute atomic E-state index is 11.6. The Morgan fingerprint density at radius 3 is 2.29 bits per heavy atom. The van der Waals surface area contributed by atoms with E-state index < -0.39 is 0 Å². The molecular weight excluding hydrogens is 180 g/mol. The Morgan fingerprint density at radius 2 is 1.86 bits per heavy atom. The van der Waals surface area contributed by atoms with Crippen LogP contribution < -0.4 is 0 Å². The van der Waals surface area contributed by atoms with Gasteiger partial charge in [0.1, 0.15) is 0 Å². The summed E-state index contributed by atoms with van der Waals surface area (Å²) in [6.07, 6.45) is -0.180. The summed E-state index contributed by atoms with van der Waals surface area (Å²) in [6, 6.07) is 0.477. The molecule has 0 saturated carbocycles. The molecule has 0 aliphatic carbocycles. The van der Waals surface area contributed by atoms with Crippen molar-refractivity contribution in [2.45, 2.75) is 32.9 Å². The van der Waals surface area contributed by atoms with Crippen LogP contribution in [0.15, 0.2) is 0 Å². The molecule has 0 radical (unpaired) electrons. The minimum atomic E-state index is -0.180. The van der Waals surface area contributed by atoms with Crippen LogP contribution in [0.1, 0.15) is 20.8 Å². The number of nitrogens with zero attached hydrogens (tertiary/aromatic N) is 2. The molecule has 0 N–H and O–H groups in total. The van der Waals surface area contributed by atoms with Crippen molar-refractivity contribution in [2.24, 2.45) is 0 Å². The van der Waals surface area contributed by atoms with Crippen LogP contribution in [0, 0.1) is 0 Å². The number of hydrogen-bond donors (Lipinski definition) is 0. The first-order chi connectivity index (χ1) is 6.56. The highest BCUT2D eigenvalue weighted by Crippen LogP contribution is 2.15. The van der Waals surface area contributed by atoms with E-state index in [1.807, 2.05) is 11.8 Å². The second kappa shape index (κ2) is 4.64. The van der Waals surface area contributed by atoms with Gasteiger partial charge in [-0.25, -0.2) is 4.79 Å². The highest BCUT2D eigenvalue weighted by atomic mass is 16.6. The van der Waals surface area contributed by atoms with Crippen molar-refractivity contribution in [1.82, 2.24) is 9.80 Å². The molecule has 1 aliphatic heterocycles. The Balaban J connectivity index is 2.62. The quantitative estimate of drug-likeness (QED) is 0.637. The van der Waals surface area contributed by atoms with Crippen LogP contribution in [0.3, 0.4) is 0 Å². The van der Waals surface area contributed by atoms with Crippen molar-refractivity contribution in [3.05, 3.63) is 0 Å². The second-order valence-electron chi connectivity index (χ2n) is 4.03. The number of ether oxygens (including phenoxy) is 1. The molecular formula is C10H20N2O2. The van der Waals surface area contributed by atoms with Gasteiger partial charge in [0.15, 0.2) is 0 Å². The van der Waals surface area contributed by atoms with Crippen LogP contribution in [-0.2, 0) is 4.74 Å². The highest BCUT2D eigenvalue weighted by Gasteiger charge is 2.32. The molecule has 0 spiro atoms. The fourth-order valence-electron chi connectivity index (χ4n) is 2.14. The Morgan fingerprint density at radius 1 is 1.36 bits per heavy atom. The first-order valence-electron chi connectivity index (χ1n) is 5.19. The van der Waals surface area contributed by atoms with E-state index in [1.165, 1.54) is 0 Å². The fourth-order valence-corrected chi connectivity index (χ4v) is 2.14. The zero-order valence-electron chi connectivity index (χ0n) is 9.49. The predicted octanol–water partition coefficient (Wildman–Crippen LogP) is 1.17. The summed E-state index contributed by atoms with van der Waals surface area (Å²) in [4.78, 5) is 15.7. The molecule has 1 saturated heterocycles. The van der Waals surface area contributed by atoms with E-state index in [2.05, 4.69) is 25.8 Å². The lowest BCUT2D eigenvalue weighted by molar-refractivity contribution is 0.0340. The van der Waals surface area contributed by atoms with Gasteiger partial charge < -0.3 is 14.5 Å². The molecule has 4 nitrogen and oxygen atoms in total. The van der Waals surface area contributed by atoms with Gasteiger partial charge in [0.2, 0.25) is 0 Å². The Kier molecular flexibility index (Phi) is 3.75. The minimum absolute atomic E-state index is 0.180. The maximum Gasteiger partial charge on any atom is 0.410 e. The molecule has 0 aromatic heterocycles. The summed E-state index contributed by atoms with van der Waals surface area (Å²) in [5.41, 5.74) is 0. The van der Waals surface area contributed by atoms with Gasteiger partial charge in [0, 0.05) is 25.2 Å². The predicted molar refractivity (Wildman–Crippen MR) is 55.3 cm³/mol. The normalized spacial score (nSPS) is 29.0. The number of piperazine rings is 1. The first-order valence-corrected chi connectivity index (χ1v) is 5.19. The third-order valence-corrected chi connectivity index (χ3v) is 2.58. The molecule has 0 aromatic carbocycles. The van der Waals surface area contributed by atoms with E-state index in [4.69, 9.17) is 4.74 Å². The second-order valence-corrected chi connectivity index (χ2v) is 4.03. The number of carbonyl (C=O) groups excluding carboxylic acids is 1. The van der Waals surface area contributed by atoms with E-state index in [9.17, 15) is 4.79 Å². The van der Waals surface area contributed by atoms with Gasteiger partial charge in [-0.3, -0.25) is 0 Å². The smallest absolute Gasteiger partial charge is 0.410 e. The lowest BCUT2D eigenvalue weighted by Crippen LogP contribution is -2.57. The van der Waals surface area contributed by atoms with Crippen molar-refractivity contribution < 1.29 is 9.53 Å². The summed E-state index contributed by atoms with van der Waals surface area (Å²) in [5, 5.41) is 0. The Hall–Kier alpha value is -0.770. The number of carbonyl (C=O) groups is 1. The van der Waals surface area contributed by atoms with Crippen molar-refractivity contribution in [2.75, 3.05) is 26.7 Å². The largest absolute Gasteiger partial charge is 0.450 e. The van der Waals surface area contributed by atoms with Gasteiger partial charge in [0.05, 0.1) is 6.61 Å². The first kappa shape index (κ1) is 11.3. The fraction of sp³-hybridized carbons (Fsp3) is 0.900. The SMILES string of the molecule is CCOC(=O)N1C(C)CN(C)CC1C. The number of rotatable bonds is 1. The molecule has 4 heteroatoms. The number of hydrogen-bond acceptors (Lipinski definition) is 3. The average molecular weight is 200 g/mol. The van der Waals surface area contributed by atoms with Gasteiger partial charge in [-0.2, -0.15) is 0 Å². The van der Waals surface area contributed by atoms with E-state index in [1.54, 1.807) is 0 Å². The molecule has 2 atom stereocenters. The van der Waals surface area contributed by atoms with E-state index >= 15 is 0 Å². The molecule has 2 unspecified atom stereocenters. The van der Waals surface area contributed by atoms with E-state index in [-0.39, 0.29) is 18.2 Å². The molecule has 0 aromatic rings. The van der Waals surface area contributed by atoms with Crippen LogP contribution in [-0.4, -0.2) is 54.7 Å². The third-order valence-electron chi connectivity index (χ3n) is 2.58. The topological polar surface area (TPSA) is 32.8 Å². The van der Waals surface area contributed by atoms with Crippen molar-refractivity contribution >= 4 is 6.09 Å². The number of likely N-dealkylation sites (N-methyl/N-ethyl adjacent to an activating group) is 1. The maximum atomic E-state index is 11.6. The van der Waals surface area contributed by atoms with Gasteiger partial charge in [-0.15, -0.1) is 0 Å². The van der Waals surface area contributed by atoms with Gasteiger partial charge in [-0.05, 0) is 27.8 Å². The molecule has 1 heterocycles. The summed E-state index contributed by atoms with van der Waals surface area (Å²) in [5.74, 6) is 0. The molecule has 1 fully saturated rings. The molecule has 82 valence electrons. The van der Waals surface area contributed by atoms with Crippen LogP contribution in [0.4, 0.5) is 4.79 Å². The van der Waals surface area contributed by atoms with Gasteiger partial charge >= 0.3 is 6.09 Å². The molecule has 1 amide bonds. The van der Waals surface area contributed by atoms with Crippen molar-refractivity contribution in [3.63, 3.8) is 0 Å². The Bertz CT molecular complexity index is 196. The van der Waals surface area contributed by atoms with E-state index in [0.717, 1.165) is 13.1 Å². The third kappa shape index (κ3) is 2.38. The lowest BCUT2D eigenvalue weighted by atomic mass is 10.1. The van der Waals surface area contributed by atoms with E-state index in [0.29, 0.717) is 6.61 Å². The standard InChI is InChI=1S/C10H20N2O2/c1-5-14-10(13)12-8(2)6-11(4)7-9(12)3/h8-9H,5-7H2,1-4H3. The van der Waals surface area contributed by atoms with Crippen LogP contribution in [0.2, 0.25) is 0 Å². The lowest BCUT2D eigenvalue weighted by Gasteiger charge is -2.42. The molecule has 1 aliphatic rings. The van der Waals surface area contributed by atoms with Gasteiger partial charge in [-0.1, -0.05) is 0 Å².